The second kappa shape index (κ2) is 7.48. The minimum absolute atomic E-state index is 0.0530. The Morgan fingerprint density at radius 1 is 1.38 bits per heavy atom. The van der Waals surface area contributed by atoms with E-state index in [2.05, 4.69) is 20.2 Å². The monoisotopic (exact) mass is 347 g/mol. The first kappa shape index (κ1) is 16.5. The highest BCUT2D eigenvalue weighted by atomic mass is 32.1. The van der Waals surface area contributed by atoms with Gasteiger partial charge in [-0.05, 0) is 19.1 Å². The SMILES string of the molecule is CN=C(NCc1cnc(C)s1)N1CCN(C(=O)c2ccco2)CC1. The number of carbonyl (C=O) groups excluding carboxylic acids is 1. The molecule has 1 amide bonds. The van der Waals surface area contributed by atoms with Crippen LogP contribution in [0.15, 0.2) is 34.0 Å². The van der Waals surface area contributed by atoms with E-state index >= 15 is 0 Å². The molecule has 0 spiro atoms. The molecule has 1 aliphatic rings. The van der Waals surface area contributed by atoms with Gasteiger partial charge in [-0.1, -0.05) is 0 Å². The van der Waals surface area contributed by atoms with Crippen LogP contribution in [0.2, 0.25) is 0 Å². The molecule has 1 aliphatic heterocycles. The molecule has 8 heteroatoms. The fraction of sp³-hybridized carbons (Fsp3) is 0.438. The van der Waals surface area contributed by atoms with E-state index in [0.717, 1.165) is 24.1 Å². The molecule has 3 rings (SSSR count). The molecule has 0 bridgehead atoms. The molecule has 128 valence electrons. The molecule has 2 aromatic rings. The lowest BCUT2D eigenvalue weighted by Gasteiger charge is -2.36. The maximum Gasteiger partial charge on any atom is 0.289 e. The van der Waals surface area contributed by atoms with Crippen LogP contribution in [0.4, 0.5) is 0 Å². The van der Waals surface area contributed by atoms with Crippen molar-refractivity contribution < 1.29 is 9.21 Å². The van der Waals surface area contributed by atoms with Gasteiger partial charge in [0.1, 0.15) is 0 Å². The van der Waals surface area contributed by atoms with E-state index in [0.29, 0.717) is 25.4 Å². The largest absolute Gasteiger partial charge is 0.459 e. The van der Waals surface area contributed by atoms with Crippen LogP contribution in [0.5, 0.6) is 0 Å². The Morgan fingerprint density at radius 3 is 2.71 bits per heavy atom. The normalized spacial score (nSPS) is 15.7. The molecule has 0 aromatic carbocycles. The topological polar surface area (TPSA) is 74.0 Å². The number of rotatable bonds is 3. The maximum atomic E-state index is 12.3. The van der Waals surface area contributed by atoms with E-state index in [1.807, 2.05) is 18.0 Å². The molecule has 0 radical (unpaired) electrons. The molecule has 1 N–H and O–H groups in total. The third kappa shape index (κ3) is 3.76. The fourth-order valence-electron chi connectivity index (χ4n) is 2.66. The van der Waals surface area contributed by atoms with Crippen LogP contribution in [0, 0.1) is 6.92 Å². The quantitative estimate of drug-likeness (QED) is 0.674. The Bertz CT molecular complexity index is 702. The van der Waals surface area contributed by atoms with Crippen LogP contribution in [0.1, 0.15) is 20.4 Å². The number of thiazole rings is 1. The lowest BCUT2D eigenvalue weighted by atomic mass is 10.3. The van der Waals surface area contributed by atoms with Crippen molar-refractivity contribution in [3.8, 4) is 0 Å². The molecule has 1 saturated heterocycles. The molecule has 7 nitrogen and oxygen atoms in total. The Hall–Kier alpha value is -2.35. The molecule has 1 fully saturated rings. The molecular formula is C16H21N5O2S. The number of hydrogen-bond acceptors (Lipinski definition) is 5. The molecule has 24 heavy (non-hydrogen) atoms. The summed E-state index contributed by atoms with van der Waals surface area (Å²) in [5, 5.41) is 4.43. The van der Waals surface area contributed by atoms with E-state index in [-0.39, 0.29) is 5.91 Å². The number of carbonyl (C=O) groups is 1. The second-order valence-electron chi connectivity index (χ2n) is 5.50. The van der Waals surface area contributed by atoms with Gasteiger partial charge in [0.15, 0.2) is 11.7 Å². The van der Waals surface area contributed by atoms with Gasteiger partial charge in [0, 0.05) is 44.3 Å². The van der Waals surface area contributed by atoms with Crippen LogP contribution >= 0.6 is 11.3 Å². The average molecular weight is 347 g/mol. The zero-order chi connectivity index (χ0) is 16.9. The zero-order valence-electron chi connectivity index (χ0n) is 13.9. The van der Waals surface area contributed by atoms with E-state index in [9.17, 15) is 4.79 Å². The van der Waals surface area contributed by atoms with Gasteiger partial charge in [0.05, 0.1) is 17.8 Å². The van der Waals surface area contributed by atoms with Crippen molar-refractivity contribution in [3.63, 3.8) is 0 Å². The number of aromatic nitrogens is 1. The fourth-order valence-corrected chi connectivity index (χ4v) is 3.40. The predicted octanol–water partition coefficient (Wildman–Crippen LogP) is 1.58. The van der Waals surface area contributed by atoms with Crippen molar-refractivity contribution in [1.82, 2.24) is 20.1 Å². The molecule has 0 saturated carbocycles. The number of nitrogens with zero attached hydrogens (tertiary/aromatic N) is 4. The van der Waals surface area contributed by atoms with E-state index < -0.39 is 0 Å². The van der Waals surface area contributed by atoms with Gasteiger partial charge in [-0.25, -0.2) is 4.98 Å². The number of aliphatic imine (C=N–C) groups is 1. The molecule has 0 unspecified atom stereocenters. The third-order valence-electron chi connectivity index (χ3n) is 3.90. The summed E-state index contributed by atoms with van der Waals surface area (Å²) in [4.78, 5) is 26.0. The minimum atomic E-state index is -0.0530. The standard InChI is InChI=1S/C16H21N5O2S/c1-12-18-10-13(24-12)11-19-16(17-2)21-7-5-20(6-8-21)15(22)14-4-3-9-23-14/h3-4,9-10H,5-8,11H2,1-2H3,(H,17,19). The predicted molar refractivity (Wildman–Crippen MR) is 93.2 cm³/mol. The van der Waals surface area contributed by atoms with Crippen molar-refractivity contribution in [1.29, 1.82) is 0 Å². The van der Waals surface area contributed by atoms with Gasteiger partial charge in [0.2, 0.25) is 0 Å². The van der Waals surface area contributed by atoms with Crippen molar-refractivity contribution in [2.75, 3.05) is 33.2 Å². The summed E-state index contributed by atoms with van der Waals surface area (Å²) in [6.45, 7) is 5.50. The molecule has 0 aliphatic carbocycles. The molecule has 2 aromatic heterocycles. The van der Waals surface area contributed by atoms with Gasteiger partial charge in [-0.2, -0.15) is 0 Å². The van der Waals surface area contributed by atoms with E-state index in [4.69, 9.17) is 4.42 Å². The minimum Gasteiger partial charge on any atom is -0.459 e. The smallest absolute Gasteiger partial charge is 0.289 e. The van der Waals surface area contributed by atoms with Crippen LogP contribution < -0.4 is 5.32 Å². The molecule has 3 heterocycles. The Morgan fingerprint density at radius 2 is 2.12 bits per heavy atom. The number of guanidine groups is 1. The van der Waals surface area contributed by atoms with Crippen LogP contribution in [0.25, 0.3) is 0 Å². The summed E-state index contributed by atoms with van der Waals surface area (Å²) in [5.74, 6) is 1.19. The summed E-state index contributed by atoms with van der Waals surface area (Å²) in [5.41, 5.74) is 0. The van der Waals surface area contributed by atoms with Gasteiger partial charge in [0.25, 0.3) is 5.91 Å². The van der Waals surface area contributed by atoms with Gasteiger partial charge < -0.3 is 19.5 Å². The highest BCUT2D eigenvalue weighted by Crippen LogP contribution is 2.12. The van der Waals surface area contributed by atoms with Gasteiger partial charge in [-0.15, -0.1) is 11.3 Å². The Labute approximate surface area is 145 Å². The number of nitrogens with one attached hydrogen (secondary N) is 1. The lowest BCUT2D eigenvalue weighted by molar-refractivity contribution is 0.0657. The number of furan rings is 1. The van der Waals surface area contributed by atoms with Crippen LogP contribution in [-0.2, 0) is 6.54 Å². The Kier molecular flexibility index (Phi) is 5.14. The third-order valence-corrected chi connectivity index (χ3v) is 4.81. The first-order valence-electron chi connectivity index (χ1n) is 7.87. The van der Waals surface area contributed by atoms with E-state index in [1.54, 1.807) is 30.5 Å². The van der Waals surface area contributed by atoms with Crippen LogP contribution in [-0.4, -0.2) is 59.9 Å². The number of aryl methyl sites for hydroxylation is 1. The van der Waals surface area contributed by atoms with Crippen molar-refractivity contribution in [2.24, 2.45) is 4.99 Å². The number of hydrogen-bond donors (Lipinski definition) is 1. The summed E-state index contributed by atoms with van der Waals surface area (Å²) >= 11 is 1.68. The Balaban J connectivity index is 1.52. The summed E-state index contributed by atoms with van der Waals surface area (Å²) in [6, 6.07) is 3.43. The summed E-state index contributed by atoms with van der Waals surface area (Å²) in [6.07, 6.45) is 3.41. The van der Waals surface area contributed by atoms with Crippen LogP contribution in [0.3, 0.4) is 0 Å². The van der Waals surface area contributed by atoms with Crippen molar-refractivity contribution in [3.05, 3.63) is 40.2 Å². The highest BCUT2D eigenvalue weighted by Gasteiger charge is 2.25. The molecule has 0 atom stereocenters. The average Bonchev–Trinajstić information content (AvgIpc) is 3.27. The first-order chi connectivity index (χ1) is 11.7. The van der Waals surface area contributed by atoms with Gasteiger partial charge >= 0.3 is 0 Å². The molecular weight excluding hydrogens is 326 g/mol. The number of amides is 1. The lowest BCUT2D eigenvalue weighted by Crippen LogP contribution is -2.53. The summed E-state index contributed by atoms with van der Waals surface area (Å²) < 4.78 is 5.19. The summed E-state index contributed by atoms with van der Waals surface area (Å²) in [7, 11) is 1.78. The second-order valence-corrected chi connectivity index (χ2v) is 6.82. The first-order valence-corrected chi connectivity index (χ1v) is 8.68. The number of piperazine rings is 1. The van der Waals surface area contributed by atoms with E-state index in [1.165, 1.54) is 11.1 Å². The van der Waals surface area contributed by atoms with Crippen molar-refractivity contribution in [2.45, 2.75) is 13.5 Å². The maximum absolute atomic E-state index is 12.3. The zero-order valence-corrected chi connectivity index (χ0v) is 14.7. The highest BCUT2D eigenvalue weighted by molar-refractivity contribution is 7.11. The van der Waals surface area contributed by atoms with Gasteiger partial charge in [-0.3, -0.25) is 9.79 Å². The van der Waals surface area contributed by atoms with Crippen molar-refractivity contribution >= 4 is 23.2 Å².